The van der Waals surface area contributed by atoms with Gasteiger partial charge in [-0.25, -0.2) is 5.48 Å². The quantitative estimate of drug-likeness (QED) is 0.0687. The van der Waals surface area contributed by atoms with Gasteiger partial charge in [0.25, 0.3) is 0 Å². The van der Waals surface area contributed by atoms with Gasteiger partial charge >= 0.3 is 5.97 Å². The zero-order chi connectivity index (χ0) is 26.8. The van der Waals surface area contributed by atoms with Crippen molar-refractivity contribution in [1.82, 2.24) is 5.48 Å². The van der Waals surface area contributed by atoms with Crippen LogP contribution in [0.5, 0.6) is 0 Å². The fourth-order valence-electron chi connectivity index (χ4n) is 4.71. The van der Waals surface area contributed by atoms with Gasteiger partial charge in [0, 0.05) is 13.0 Å². The third kappa shape index (κ3) is 40.6. The van der Waals surface area contributed by atoms with Gasteiger partial charge in [0.15, 0.2) is 0 Å². The van der Waals surface area contributed by atoms with Crippen molar-refractivity contribution in [2.45, 2.75) is 194 Å². The van der Waals surface area contributed by atoms with Gasteiger partial charge in [-0.3, -0.25) is 4.79 Å². The van der Waals surface area contributed by atoms with Crippen molar-refractivity contribution in [3.05, 3.63) is 0 Å². The Morgan fingerprint density at radius 3 is 0.833 bits per heavy atom. The van der Waals surface area contributed by atoms with Gasteiger partial charge in [-0.2, -0.15) is 0 Å². The van der Waals surface area contributed by atoms with Crippen LogP contribution in [0.25, 0.3) is 0 Å². The minimum atomic E-state index is -0.833. The maximum atomic E-state index is 9.76. The Morgan fingerprint density at radius 2 is 0.667 bits per heavy atom. The predicted molar refractivity (Wildman–Crippen MR) is 158 cm³/mol. The van der Waals surface area contributed by atoms with E-state index in [1.165, 1.54) is 167 Å². The highest BCUT2D eigenvalue weighted by molar-refractivity contribution is 5.66. The van der Waals surface area contributed by atoms with Crippen molar-refractivity contribution < 1.29 is 15.1 Å². The monoisotopic (exact) mass is 514 g/mol. The van der Waals surface area contributed by atoms with Gasteiger partial charge in [-0.1, -0.05) is 181 Å². The van der Waals surface area contributed by atoms with Gasteiger partial charge < -0.3 is 10.3 Å². The van der Waals surface area contributed by atoms with Gasteiger partial charge in [0.1, 0.15) is 0 Å². The minimum Gasteiger partial charge on any atom is -0.481 e. The number of hydrogen-bond acceptors (Lipinski definition) is 3. The summed E-state index contributed by atoms with van der Waals surface area (Å²) >= 11 is 0. The van der Waals surface area contributed by atoms with Crippen molar-refractivity contribution in [1.29, 1.82) is 0 Å². The first-order valence-corrected chi connectivity index (χ1v) is 16.3. The van der Waals surface area contributed by atoms with E-state index in [9.17, 15) is 4.79 Å². The molecule has 0 rings (SSSR count). The van der Waals surface area contributed by atoms with Crippen molar-refractivity contribution >= 4 is 5.97 Å². The average molecular weight is 514 g/mol. The Morgan fingerprint density at radius 1 is 0.444 bits per heavy atom. The molecule has 0 spiro atoms. The first kappa shape index (κ1) is 37.5. The van der Waals surface area contributed by atoms with E-state index in [0.29, 0.717) is 13.0 Å². The second-order valence-electron chi connectivity index (χ2n) is 10.9. The normalized spacial score (nSPS) is 10.9. The second-order valence-corrected chi connectivity index (χ2v) is 10.9. The van der Waals surface area contributed by atoms with E-state index in [1.807, 2.05) is 5.48 Å². The Bertz CT molecular complexity index is 364. The lowest BCUT2D eigenvalue weighted by Gasteiger charge is -2.04. The zero-order valence-corrected chi connectivity index (χ0v) is 24.8. The predicted octanol–water partition coefficient (Wildman–Crippen LogP) is 11.0. The molecule has 0 amide bonds. The Hall–Kier alpha value is -0.610. The molecule has 3 N–H and O–H groups in total. The summed E-state index contributed by atoms with van der Waals surface area (Å²) < 4.78 is 0. The minimum absolute atomic E-state index is 0.105. The lowest BCUT2D eigenvalue weighted by atomic mass is 10.0. The van der Waals surface area contributed by atoms with Crippen molar-refractivity contribution in [2.75, 3.05) is 6.54 Å². The first-order valence-electron chi connectivity index (χ1n) is 16.3. The smallest absolute Gasteiger partial charge is 0.303 e. The summed E-state index contributed by atoms with van der Waals surface area (Å²) in [5.41, 5.74) is 1.86. The van der Waals surface area contributed by atoms with E-state index >= 15 is 0 Å². The third-order valence-electron chi connectivity index (χ3n) is 7.14. The molecular weight excluding hydrogens is 446 g/mol. The highest BCUT2D eigenvalue weighted by atomic mass is 16.5. The van der Waals surface area contributed by atoms with Crippen LogP contribution in [0.2, 0.25) is 0 Å². The molecule has 0 aromatic heterocycles. The standard InChI is InChI=1S/C28H58.C4H9NO3/c1-3-5-7-9-11-13-15-17-19-21-23-25-27-28-26-24-22-20-18-16-14-12-10-8-6-4-2;6-4(7)2-1-3-5-8/h3-28H2,1-2H3;5,8H,1-3H2,(H,6,7). The molecule has 36 heavy (non-hydrogen) atoms. The number of carbonyl (C=O) groups is 1. The molecule has 4 heteroatoms. The molecule has 0 aliphatic carbocycles. The van der Waals surface area contributed by atoms with Gasteiger partial charge in [0.05, 0.1) is 0 Å². The van der Waals surface area contributed by atoms with Crippen LogP contribution in [0.1, 0.15) is 194 Å². The molecule has 0 saturated carbocycles. The van der Waals surface area contributed by atoms with E-state index < -0.39 is 5.97 Å². The van der Waals surface area contributed by atoms with E-state index in [4.69, 9.17) is 10.3 Å². The lowest BCUT2D eigenvalue weighted by Crippen LogP contribution is -2.10. The molecule has 0 fully saturated rings. The number of aliphatic carboxylic acids is 1. The molecule has 0 atom stereocenters. The molecule has 0 aromatic carbocycles. The number of hydroxylamine groups is 1. The topological polar surface area (TPSA) is 69.6 Å². The van der Waals surface area contributed by atoms with E-state index in [2.05, 4.69) is 13.8 Å². The molecule has 0 unspecified atom stereocenters. The van der Waals surface area contributed by atoms with Crippen molar-refractivity contribution in [2.24, 2.45) is 0 Å². The molecule has 0 aromatic rings. The van der Waals surface area contributed by atoms with Gasteiger partial charge in [-0.05, 0) is 6.42 Å². The number of unbranched alkanes of at least 4 members (excludes halogenated alkanes) is 25. The molecule has 4 nitrogen and oxygen atoms in total. The Labute approximate surface area is 226 Å². The summed E-state index contributed by atoms with van der Waals surface area (Å²) in [6.45, 7) is 4.95. The van der Waals surface area contributed by atoms with Crippen molar-refractivity contribution in [3.8, 4) is 0 Å². The van der Waals surface area contributed by atoms with E-state index in [-0.39, 0.29) is 6.42 Å². The van der Waals surface area contributed by atoms with Crippen molar-refractivity contribution in [3.63, 3.8) is 0 Å². The summed E-state index contributed by atoms with van der Waals surface area (Å²) in [6, 6.07) is 0. The van der Waals surface area contributed by atoms with E-state index in [1.54, 1.807) is 0 Å². The fourth-order valence-corrected chi connectivity index (χ4v) is 4.71. The summed E-state index contributed by atoms with van der Waals surface area (Å²) in [4.78, 5) is 9.76. The fraction of sp³-hybridized carbons (Fsp3) is 0.969. The Balaban J connectivity index is 0. The second kappa shape index (κ2) is 36.5. The molecule has 218 valence electrons. The van der Waals surface area contributed by atoms with Crippen LogP contribution in [0.4, 0.5) is 0 Å². The lowest BCUT2D eigenvalue weighted by molar-refractivity contribution is -0.137. The summed E-state index contributed by atoms with van der Waals surface area (Å²) in [5, 5.41) is 16.0. The molecule has 0 radical (unpaired) electrons. The number of carboxylic acid groups (broad SMARTS) is 1. The van der Waals surface area contributed by atoms with Crippen LogP contribution in [0.15, 0.2) is 0 Å². The maximum absolute atomic E-state index is 9.76. The van der Waals surface area contributed by atoms with E-state index in [0.717, 1.165) is 0 Å². The zero-order valence-electron chi connectivity index (χ0n) is 24.8. The van der Waals surface area contributed by atoms with Gasteiger partial charge in [0.2, 0.25) is 0 Å². The molecule has 0 aliphatic rings. The highest BCUT2D eigenvalue weighted by Gasteiger charge is 1.96. The Kier molecular flexibility index (Phi) is 38.1. The maximum Gasteiger partial charge on any atom is 0.303 e. The highest BCUT2D eigenvalue weighted by Crippen LogP contribution is 2.15. The first-order chi connectivity index (χ1) is 17.7. The number of carboxylic acids is 1. The van der Waals surface area contributed by atoms with Crippen LogP contribution >= 0.6 is 0 Å². The SMILES string of the molecule is CCCCCCCCCCCCCCCCCCCCCCCCCCCC.O=C(O)CCCNO. The molecular formula is C32H67NO3. The number of nitrogens with one attached hydrogen (secondary N) is 1. The molecule has 0 heterocycles. The largest absolute Gasteiger partial charge is 0.481 e. The third-order valence-corrected chi connectivity index (χ3v) is 7.14. The summed E-state index contributed by atoms with van der Waals surface area (Å²) in [6.07, 6.45) is 39.0. The van der Waals surface area contributed by atoms with Crippen LogP contribution in [-0.2, 0) is 4.79 Å². The summed E-state index contributed by atoms with van der Waals surface area (Å²) in [7, 11) is 0. The van der Waals surface area contributed by atoms with Crippen LogP contribution in [0, 0.1) is 0 Å². The van der Waals surface area contributed by atoms with Crippen LogP contribution < -0.4 is 5.48 Å². The molecule has 0 bridgehead atoms. The van der Waals surface area contributed by atoms with Gasteiger partial charge in [-0.15, -0.1) is 0 Å². The average Bonchev–Trinajstić information content (AvgIpc) is 2.87. The number of hydrogen-bond donors (Lipinski definition) is 3. The molecule has 0 aliphatic heterocycles. The molecule has 0 saturated heterocycles. The summed E-state index contributed by atoms with van der Waals surface area (Å²) in [5.74, 6) is -0.833. The van der Waals surface area contributed by atoms with Crippen LogP contribution in [0.3, 0.4) is 0 Å². The van der Waals surface area contributed by atoms with Crippen LogP contribution in [-0.4, -0.2) is 22.8 Å². The number of rotatable bonds is 29.